The normalized spacial score (nSPS) is 12.9. The molecule has 0 bridgehead atoms. The molecule has 0 spiro atoms. The molecule has 10 rings (SSSR count). The van der Waals surface area contributed by atoms with Gasteiger partial charge in [-0.2, -0.15) is 5.06 Å². The summed E-state index contributed by atoms with van der Waals surface area (Å²) >= 11 is 0. The van der Waals surface area contributed by atoms with Crippen LogP contribution in [0.15, 0.2) is 194 Å². The van der Waals surface area contributed by atoms with Gasteiger partial charge in [0, 0.05) is 17.0 Å². The van der Waals surface area contributed by atoms with Gasteiger partial charge in [-0.3, -0.25) is 4.57 Å². The van der Waals surface area contributed by atoms with Crippen molar-refractivity contribution in [3.05, 3.63) is 200 Å². The van der Waals surface area contributed by atoms with Crippen LogP contribution in [0, 0.1) is 0 Å². The van der Waals surface area contributed by atoms with Crippen LogP contribution in [0.3, 0.4) is 0 Å². The maximum atomic E-state index is 6.65. The van der Waals surface area contributed by atoms with Crippen LogP contribution in [0.5, 0.6) is 0 Å². The number of nitrogens with zero attached hydrogens (tertiary/aromatic N) is 4. The molecule has 288 valence electrons. The van der Waals surface area contributed by atoms with Crippen molar-refractivity contribution in [2.24, 2.45) is 0 Å². The number of hydroxylamine groups is 1. The van der Waals surface area contributed by atoms with E-state index in [0.717, 1.165) is 39.5 Å². The van der Waals surface area contributed by atoms with Gasteiger partial charge in [-0.05, 0) is 106 Å². The Bertz CT molecular complexity index is 2920. The minimum Gasteiger partial charge on any atom is -0.294 e. The van der Waals surface area contributed by atoms with Crippen LogP contribution in [0.25, 0.3) is 38.8 Å². The van der Waals surface area contributed by atoms with Crippen molar-refractivity contribution < 1.29 is 4.94 Å². The molecule has 0 aliphatic carbocycles. The largest absolute Gasteiger partial charge is 0.294 e. The number of hydrogen-bond donors (Lipinski definition) is 0. The van der Waals surface area contributed by atoms with E-state index in [9.17, 15) is 0 Å². The van der Waals surface area contributed by atoms with Gasteiger partial charge in [0.2, 0.25) is 0 Å². The molecule has 0 unspecified atom stereocenters. The summed E-state index contributed by atoms with van der Waals surface area (Å²) in [6.45, 7) is 8.84. The maximum absolute atomic E-state index is 6.65. The number of benzene rings is 7. The molecule has 3 heterocycles. The Morgan fingerprint density at radius 3 is 1.88 bits per heavy atom. The predicted octanol–water partition coefficient (Wildman–Crippen LogP) is 10.6. The Balaban J connectivity index is 1.23. The highest BCUT2D eigenvalue weighted by atomic mass is 28.3. The summed E-state index contributed by atoms with van der Waals surface area (Å²) in [7, 11) is -3.02. The SMILES string of the molecule is CC(C)c1ccccc1-c1ccnc(-n2c3ccccc3c3ccc([Si](c4ccccc4)(c4ccccc4)c4cccc(N5ON(C(C)C)c6ccccc65)c4)cc32)c1. The summed E-state index contributed by atoms with van der Waals surface area (Å²) in [5.74, 6) is 1.30. The number of aromatic nitrogens is 2. The van der Waals surface area contributed by atoms with E-state index in [4.69, 9.17) is 9.92 Å². The molecule has 5 nitrogen and oxygen atoms in total. The van der Waals surface area contributed by atoms with Crippen molar-refractivity contribution in [1.29, 1.82) is 0 Å². The molecule has 0 fully saturated rings. The van der Waals surface area contributed by atoms with Crippen molar-refractivity contribution in [1.82, 2.24) is 9.55 Å². The highest BCUT2D eigenvalue weighted by molar-refractivity contribution is 7.20. The number of anilines is 3. The third kappa shape index (κ3) is 6.06. The second-order valence-electron chi connectivity index (χ2n) is 16.0. The number of fused-ring (bicyclic) bond motifs is 4. The van der Waals surface area contributed by atoms with Crippen molar-refractivity contribution in [3.63, 3.8) is 0 Å². The Hall–Kier alpha value is -6.73. The lowest BCUT2D eigenvalue weighted by Crippen LogP contribution is -2.74. The summed E-state index contributed by atoms with van der Waals surface area (Å²) < 4.78 is 2.37. The average Bonchev–Trinajstić information content (AvgIpc) is 3.84. The molecule has 0 radical (unpaired) electrons. The summed E-state index contributed by atoms with van der Waals surface area (Å²) in [4.78, 5) is 11.7. The third-order valence-electron chi connectivity index (χ3n) is 11.9. The standard InChI is InChI=1S/C53H46N4OSi/c1-37(2)45-24-11-12-25-46(45)39-32-33-54-53(34-39)55-49-27-14-13-26-47(49)48-31-30-44(36-52(48)55)59(41-19-7-5-8-20-41,42-21-9-6-10-22-42)43-23-17-18-40(35-43)57-51-29-16-15-28-50(51)56(58-57)38(3)4/h5-38H,1-4H3. The molecule has 0 N–H and O–H groups in total. The molecule has 59 heavy (non-hydrogen) atoms. The lowest BCUT2D eigenvalue weighted by Gasteiger charge is -2.35. The minimum atomic E-state index is -3.02. The second kappa shape index (κ2) is 14.9. The Morgan fingerprint density at radius 1 is 0.508 bits per heavy atom. The maximum Gasteiger partial charge on any atom is 0.179 e. The van der Waals surface area contributed by atoms with E-state index in [1.807, 2.05) is 16.3 Å². The minimum absolute atomic E-state index is 0.157. The summed E-state index contributed by atoms with van der Waals surface area (Å²) in [5, 5.41) is 11.6. The van der Waals surface area contributed by atoms with Gasteiger partial charge in [-0.25, -0.2) is 10.0 Å². The second-order valence-corrected chi connectivity index (χ2v) is 19.9. The first-order valence-corrected chi connectivity index (χ1v) is 22.6. The first-order chi connectivity index (χ1) is 28.9. The molecular weight excluding hydrogens is 737 g/mol. The highest BCUT2D eigenvalue weighted by Crippen LogP contribution is 2.42. The zero-order chi connectivity index (χ0) is 40.1. The smallest absolute Gasteiger partial charge is 0.179 e. The van der Waals surface area contributed by atoms with Gasteiger partial charge >= 0.3 is 0 Å². The number of pyridine rings is 1. The van der Waals surface area contributed by atoms with Crippen LogP contribution >= 0.6 is 0 Å². The molecule has 0 amide bonds. The molecule has 1 aliphatic heterocycles. The molecule has 9 aromatic rings. The number of para-hydroxylation sites is 3. The highest BCUT2D eigenvalue weighted by Gasteiger charge is 2.42. The van der Waals surface area contributed by atoms with Crippen LogP contribution in [-0.4, -0.2) is 23.7 Å². The van der Waals surface area contributed by atoms with Crippen molar-refractivity contribution in [2.45, 2.75) is 39.7 Å². The molecule has 0 saturated carbocycles. The fourth-order valence-corrected chi connectivity index (χ4v) is 14.0. The quantitative estimate of drug-likeness (QED) is 0.108. The average molecular weight is 783 g/mol. The summed E-state index contributed by atoms with van der Waals surface area (Å²) in [6.07, 6.45) is 1.96. The number of hydrogen-bond acceptors (Lipinski definition) is 4. The molecule has 6 heteroatoms. The van der Waals surface area contributed by atoms with E-state index in [2.05, 4.69) is 220 Å². The summed E-state index contributed by atoms with van der Waals surface area (Å²) in [5.41, 5.74) is 9.08. The van der Waals surface area contributed by atoms with Crippen molar-refractivity contribution in [3.8, 4) is 16.9 Å². The Kier molecular flexibility index (Phi) is 9.24. The summed E-state index contributed by atoms with van der Waals surface area (Å²) in [6, 6.07) is 69.0. The molecule has 7 aromatic carbocycles. The Morgan fingerprint density at radius 2 is 1.14 bits per heavy atom. The molecule has 0 saturated heterocycles. The molecular formula is C53H46N4OSi. The molecule has 2 aromatic heterocycles. The lowest BCUT2D eigenvalue weighted by atomic mass is 9.93. The van der Waals surface area contributed by atoms with Crippen LogP contribution in [-0.2, 0) is 4.94 Å². The van der Waals surface area contributed by atoms with Crippen molar-refractivity contribution >= 4 is 67.7 Å². The first kappa shape index (κ1) is 36.6. The zero-order valence-electron chi connectivity index (χ0n) is 33.8. The predicted molar refractivity (Wildman–Crippen MR) is 249 cm³/mol. The van der Waals surface area contributed by atoms with E-state index < -0.39 is 8.07 Å². The van der Waals surface area contributed by atoms with Crippen LogP contribution in [0.4, 0.5) is 17.1 Å². The first-order valence-electron chi connectivity index (χ1n) is 20.6. The zero-order valence-corrected chi connectivity index (χ0v) is 34.8. The topological polar surface area (TPSA) is 33.5 Å². The van der Waals surface area contributed by atoms with Gasteiger partial charge in [0.05, 0.1) is 34.1 Å². The van der Waals surface area contributed by atoms with E-state index in [1.54, 1.807) is 0 Å². The van der Waals surface area contributed by atoms with Crippen LogP contribution < -0.4 is 30.9 Å². The Labute approximate surface area is 347 Å². The molecule has 1 aliphatic rings. The lowest BCUT2D eigenvalue weighted by molar-refractivity contribution is 0.113. The van der Waals surface area contributed by atoms with Gasteiger partial charge in [0.15, 0.2) is 8.07 Å². The molecule has 0 atom stereocenters. The monoisotopic (exact) mass is 782 g/mol. The van der Waals surface area contributed by atoms with Gasteiger partial charge in [-0.1, -0.05) is 153 Å². The fraction of sp³-hybridized carbons (Fsp3) is 0.113. The van der Waals surface area contributed by atoms with E-state index in [1.165, 1.54) is 42.6 Å². The van der Waals surface area contributed by atoms with E-state index >= 15 is 0 Å². The number of rotatable bonds is 9. The van der Waals surface area contributed by atoms with Crippen molar-refractivity contribution in [2.75, 3.05) is 10.1 Å². The fourth-order valence-electron chi connectivity index (χ4n) is 9.22. The van der Waals surface area contributed by atoms with Crippen LogP contribution in [0.1, 0.15) is 39.2 Å². The van der Waals surface area contributed by atoms with Gasteiger partial charge in [0.25, 0.3) is 0 Å². The van der Waals surface area contributed by atoms with Gasteiger partial charge < -0.3 is 0 Å². The van der Waals surface area contributed by atoms with Crippen LogP contribution in [0.2, 0.25) is 0 Å². The van der Waals surface area contributed by atoms with E-state index in [-0.39, 0.29) is 6.04 Å². The van der Waals surface area contributed by atoms with Gasteiger partial charge in [-0.15, -0.1) is 4.94 Å². The van der Waals surface area contributed by atoms with Gasteiger partial charge in [0.1, 0.15) is 5.82 Å². The third-order valence-corrected chi connectivity index (χ3v) is 16.6. The van der Waals surface area contributed by atoms with E-state index in [0.29, 0.717) is 5.92 Å².